The number of nitrogens with one attached hydrogen (secondary N) is 1. The summed E-state index contributed by atoms with van der Waals surface area (Å²) < 4.78 is 0. The lowest BCUT2D eigenvalue weighted by Gasteiger charge is -2.39. The molecule has 0 saturated heterocycles. The van der Waals surface area contributed by atoms with Crippen molar-refractivity contribution in [3.63, 3.8) is 0 Å². The lowest BCUT2D eigenvalue weighted by atomic mass is 9.89. The maximum absolute atomic E-state index is 12.4. The Morgan fingerprint density at radius 2 is 1.93 bits per heavy atom. The summed E-state index contributed by atoms with van der Waals surface area (Å²) >= 11 is 0. The zero-order chi connectivity index (χ0) is 20.9. The van der Waals surface area contributed by atoms with E-state index >= 15 is 0 Å². The van der Waals surface area contributed by atoms with E-state index in [1.54, 1.807) is 13.0 Å². The van der Waals surface area contributed by atoms with Gasteiger partial charge in [-0.25, -0.2) is 0 Å². The number of carbonyl (C=O) groups excluding carboxylic acids is 1. The van der Waals surface area contributed by atoms with E-state index in [-0.39, 0.29) is 11.3 Å². The van der Waals surface area contributed by atoms with E-state index in [1.165, 1.54) is 0 Å². The fourth-order valence-corrected chi connectivity index (χ4v) is 4.21. The first-order chi connectivity index (χ1) is 14.0. The second-order valence-corrected chi connectivity index (χ2v) is 7.70. The third-order valence-electron chi connectivity index (χ3n) is 5.89. The number of rotatable bonds is 5. The van der Waals surface area contributed by atoms with Crippen LogP contribution in [0.15, 0.2) is 42.5 Å². The fourth-order valence-electron chi connectivity index (χ4n) is 4.21. The number of carbonyl (C=O) groups is 1. The topological polar surface area (TPSA) is 56.1 Å². The van der Waals surface area contributed by atoms with Crippen molar-refractivity contribution >= 4 is 17.2 Å². The molecule has 148 valence electrons. The van der Waals surface area contributed by atoms with Crippen molar-refractivity contribution in [2.75, 3.05) is 23.8 Å². The van der Waals surface area contributed by atoms with Gasteiger partial charge in [-0.05, 0) is 68.7 Å². The minimum absolute atomic E-state index is 0.257. The number of ketones is 1. The molecule has 2 aromatic carbocycles. The van der Waals surface area contributed by atoms with E-state index in [4.69, 9.17) is 5.26 Å². The molecule has 3 rings (SSSR count). The summed E-state index contributed by atoms with van der Waals surface area (Å²) in [6.45, 7) is 4.30. The van der Waals surface area contributed by atoms with E-state index < -0.39 is 0 Å². The van der Waals surface area contributed by atoms with Crippen molar-refractivity contribution in [3.8, 4) is 17.9 Å². The van der Waals surface area contributed by atoms with Crippen LogP contribution in [0.4, 0.5) is 11.4 Å². The quantitative estimate of drug-likeness (QED) is 0.760. The third-order valence-corrected chi connectivity index (χ3v) is 5.89. The first-order valence-corrected chi connectivity index (χ1v) is 10.0. The number of likely N-dealkylation sites (N-methyl/N-ethyl adjacent to an activating group) is 1. The highest BCUT2D eigenvalue weighted by Crippen LogP contribution is 2.39. The molecule has 4 heteroatoms. The summed E-state index contributed by atoms with van der Waals surface area (Å²) in [4.78, 5) is 14.6. The van der Waals surface area contributed by atoms with Gasteiger partial charge in [0.15, 0.2) is 5.78 Å². The van der Waals surface area contributed by atoms with Crippen LogP contribution in [0.3, 0.4) is 0 Å². The van der Waals surface area contributed by atoms with Crippen LogP contribution in [0.2, 0.25) is 0 Å². The molecule has 2 aromatic rings. The van der Waals surface area contributed by atoms with E-state index in [2.05, 4.69) is 47.2 Å². The van der Waals surface area contributed by atoms with Crippen LogP contribution < -0.4 is 10.2 Å². The van der Waals surface area contributed by atoms with Gasteiger partial charge in [0.1, 0.15) is 0 Å². The van der Waals surface area contributed by atoms with Gasteiger partial charge in [-0.1, -0.05) is 30.7 Å². The lowest BCUT2D eigenvalue weighted by molar-refractivity contribution is -0.121. The Hall–Kier alpha value is -3.24. The molecular weight excluding hydrogens is 358 g/mol. The molecule has 4 nitrogen and oxygen atoms in total. The first kappa shape index (κ1) is 20.5. The molecule has 0 radical (unpaired) electrons. The number of nitrogens with zero attached hydrogens (tertiary/aromatic N) is 2. The molecular formula is C25H27N3O. The molecule has 0 aliphatic heterocycles. The lowest BCUT2D eigenvalue weighted by Crippen LogP contribution is -2.50. The standard InChI is InChI=1S/C25H27N3O/c1-19-16-21(9-7-15-27-23-10-6-8-22(17-23)18-26)11-12-24(19)28(3)25(20(2)29)13-4-5-14-25/h6,8,10-12,16-17,27H,4-5,13-15H2,1-3H3. The molecule has 1 fully saturated rings. The molecule has 29 heavy (non-hydrogen) atoms. The van der Waals surface area contributed by atoms with Crippen molar-refractivity contribution < 1.29 is 4.79 Å². The zero-order valence-corrected chi connectivity index (χ0v) is 17.4. The van der Waals surface area contributed by atoms with Crippen LogP contribution in [0.25, 0.3) is 0 Å². The molecule has 0 unspecified atom stereocenters. The van der Waals surface area contributed by atoms with Crippen molar-refractivity contribution in [2.45, 2.75) is 45.1 Å². The smallest absolute Gasteiger partial charge is 0.155 e. The van der Waals surface area contributed by atoms with Crippen LogP contribution in [-0.2, 0) is 4.79 Å². The van der Waals surface area contributed by atoms with Gasteiger partial charge in [0.2, 0.25) is 0 Å². The van der Waals surface area contributed by atoms with Crippen LogP contribution in [0, 0.1) is 30.1 Å². The Bertz CT molecular complexity index is 1000. The minimum atomic E-state index is -0.361. The molecule has 1 N–H and O–H groups in total. The SMILES string of the molecule is CC(=O)C1(N(C)c2ccc(C#CCNc3cccc(C#N)c3)cc2C)CCCC1. The van der Waals surface area contributed by atoms with E-state index in [1.807, 2.05) is 31.3 Å². The molecule has 0 spiro atoms. The molecule has 1 aliphatic carbocycles. The number of Topliss-reactive ketones (excluding diaryl/α,β-unsaturated/α-hetero) is 1. The van der Waals surface area contributed by atoms with Gasteiger partial charge in [0.25, 0.3) is 0 Å². The van der Waals surface area contributed by atoms with Crippen LogP contribution in [0.1, 0.15) is 49.3 Å². The van der Waals surface area contributed by atoms with Gasteiger partial charge >= 0.3 is 0 Å². The Kier molecular flexibility index (Phi) is 6.25. The predicted octanol–water partition coefficient (Wildman–Crippen LogP) is 4.67. The maximum atomic E-state index is 12.4. The Morgan fingerprint density at radius 1 is 1.17 bits per heavy atom. The van der Waals surface area contributed by atoms with Gasteiger partial charge in [0, 0.05) is 24.0 Å². The monoisotopic (exact) mass is 385 g/mol. The van der Waals surface area contributed by atoms with Crippen molar-refractivity contribution in [1.29, 1.82) is 5.26 Å². The van der Waals surface area contributed by atoms with Crippen LogP contribution in [0.5, 0.6) is 0 Å². The molecule has 0 heterocycles. The molecule has 1 aliphatic rings. The highest BCUT2D eigenvalue weighted by Gasteiger charge is 2.42. The summed E-state index contributed by atoms with van der Waals surface area (Å²) in [6.07, 6.45) is 4.07. The van der Waals surface area contributed by atoms with Gasteiger partial charge in [-0.3, -0.25) is 4.79 Å². The number of nitriles is 1. The zero-order valence-electron chi connectivity index (χ0n) is 17.4. The third kappa shape index (κ3) is 4.44. The summed E-state index contributed by atoms with van der Waals surface area (Å²) in [5.74, 6) is 6.58. The average Bonchev–Trinajstić information content (AvgIpc) is 3.22. The number of hydrogen-bond acceptors (Lipinski definition) is 4. The van der Waals surface area contributed by atoms with Crippen LogP contribution >= 0.6 is 0 Å². The highest BCUT2D eigenvalue weighted by atomic mass is 16.1. The summed E-state index contributed by atoms with van der Waals surface area (Å²) in [5.41, 5.74) is 4.33. The number of anilines is 2. The Morgan fingerprint density at radius 3 is 2.59 bits per heavy atom. The number of aryl methyl sites for hydroxylation is 1. The summed E-state index contributed by atoms with van der Waals surface area (Å²) in [7, 11) is 2.04. The van der Waals surface area contributed by atoms with Crippen molar-refractivity contribution in [2.24, 2.45) is 0 Å². The van der Waals surface area contributed by atoms with E-state index in [0.29, 0.717) is 12.1 Å². The predicted molar refractivity (Wildman–Crippen MR) is 118 cm³/mol. The van der Waals surface area contributed by atoms with Crippen molar-refractivity contribution in [1.82, 2.24) is 0 Å². The van der Waals surface area contributed by atoms with E-state index in [9.17, 15) is 4.79 Å². The second-order valence-electron chi connectivity index (χ2n) is 7.70. The Labute approximate surface area is 173 Å². The number of benzene rings is 2. The van der Waals surface area contributed by atoms with Crippen molar-refractivity contribution in [3.05, 3.63) is 59.2 Å². The van der Waals surface area contributed by atoms with E-state index in [0.717, 1.165) is 48.2 Å². The second kappa shape index (κ2) is 8.84. The minimum Gasteiger partial charge on any atom is -0.374 e. The largest absolute Gasteiger partial charge is 0.374 e. The average molecular weight is 386 g/mol. The summed E-state index contributed by atoms with van der Waals surface area (Å²) in [6, 6.07) is 15.7. The maximum Gasteiger partial charge on any atom is 0.155 e. The normalized spacial score (nSPS) is 14.4. The Balaban J connectivity index is 1.69. The van der Waals surface area contributed by atoms with Gasteiger partial charge in [-0.15, -0.1) is 0 Å². The van der Waals surface area contributed by atoms with Gasteiger partial charge in [-0.2, -0.15) is 5.26 Å². The molecule has 0 bridgehead atoms. The number of hydrogen-bond donors (Lipinski definition) is 1. The fraction of sp³-hybridized carbons (Fsp3) is 0.360. The molecule has 0 aromatic heterocycles. The van der Waals surface area contributed by atoms with Gasteiger partial charge < -0.3 is 10.2 Å². The highest BCUT2D eigenvalue weighted by molar-refractivity contribution is 5.90. The molecule has 0 amide bonds. The van der Waals surface area contributed by atoms with Gasteiger partial charge in [0.05, 0.1) is 23.7 Å². The summed E-state index contributed by atoms with van der Waals surface area (Å²) in [5, 5.41) is 12.2. The molecule has 1 saturated carbocycles. The molecule has 0 atom stereocenters. The van der Waals surface area contributed by atoms with Crippen LogP contribution in [-0.4, -0.2) is 24.9 Å². The first-order valence-electron chi connectivity index (χ1n) is 10.0.